The molecule has 0 unspecified atom stereocenters. The molecule has 4 N–H and O–H groups in total. The predicted molar refractivity (Wildman–Crippen MR) is 70.7 cm³/mol. The Balaban J connectivity index is 1.94. The van der Waals surface area contributed by atoms with Gasteiger partial charge in [-0.25, -0.2) is 4.98 Å². The number of primary amides is 1. The molecule has 2 amide bonds. The lowest BCUT2D eigenvalue weighted by Crippen LogP contribution is -2.48. The number of carbonyl (C=O) groups excluding carboxylic acids is 2. The van der Waals surface area contributed by atoms with Crippen LogP contribution in [0.3, 0.4) is 0 Å². The Morgan fingerprint density at radius 1 is 1.42 bits per heavy atom. The fourth-order valence-electron chi connectivity index (χ4n) is 1.93. The van der Waals surface area contributed by atoms with E-state index in [4.69, 9.17) is 5.73 Å². The van der Waals surface area contributed by atoms with Crippen molar-refractivity contribution >= 4 is 17.6 Å². The number of amides is 2. The highest BCUT2D eigenvalue weighted by Gasteiger charge is 2.16. The molecule has 1 aromatic heterocycles. The first kappa shape index (κ1) is 13.3. The Morgan fingerprint density at radius 3 is 2.84 bits per heavy atom. The van der Waals surface area contributed by atoms with Crippen LogP contribution in [0.2, 0.25) is 0 Å². The summed E-state index contributed by atoms with van der Waals surface area (Å²) in [5, 5.41) is 6.05. The Kier molecular flexibility index (Phi) is 4.30. The fraction of sp³-hybridized carbons (Fsp3) is 0.417. The molecule has 1 aliphatic rings. The molecule has 0 aliphatic carbocycles. The van der Waals surface area contributed by atoms with Gasteiger partial charge in [-0.1, -0.05) is 0 Å². The second-order valence-electron chi connectivity index (χ2n) is 4.25. The van der Waals surface area contributed by atoms with Crippen molar-refractivity contribution in [1.29, 1.82) is 0 Å². The second-order valence-corrected chi connectivity index (χ2v) is 4.25. The molecule has 7 heteroatoms. The van der Waals surface area contributed by atoms with E-state index in [9.17, 15) is 9.59 Å². The van der Waals surface area contributed by atoms with Crippen LogP contribution in [0.1, 0.15) is 10.4 Å². The van der Waals surface area contributed by atoms with Crippen LogP contribution in [0.15, 0.2) is 18.3 Å². The summed E-state index contributed by atoms with van der Waals surface area (Å²) in [6, 6.07) is 3.20. The maximum atomic E-state index is 11.9. The zero-order valence-corrected chi connectivity index (χ0v) is 10.6. The molecule has 1 aliphatic heterocycles. The number of anilines is 1. The van der Waals surface area contributed by atoms with Crippen molar-refractivity contribution in [2.75, 3.05) is 38.0 Å². The Labute approximate surface area is 111 Å². The molecule has 0 spiro atoms. The summed E-state index contributed by atoms with van der Waals surface area (Å²) < 4.78 is 0. The number of nitrogens with two attached hydrogens (primary N) is 1. The summed E-state index contributed by atoms with van der Waals surface area (Å²) in [5.74, 6) is -0.230. The van der Waals surface area contributed by atoms with Crippen molar-refractivity contribution < 1.29 is 9.59 Å². The first-order valence-corrected chi connectivity index (χ1v) is 6.15. The molecule has 7 nitrogen and oxygen atoms in total. The largest absolute Gasteiger partial charge is 0.365 e. The lowest BCUT2D eigenvalue weighted by molar-refractivity contribution is -0.129. The summed E-state index contributed by atoms with van der Waals surface area (Å²) in [6.45, 7) is 3.12. The number of nitrogens with zero attached hydrogens (tertiary/aromatic N) is 2. The van der Waals surface area contributed by atoms with Gasteiger partial charge in [0.2, 0.25) is 5.91 Å². The molecule has 1 aromatic rings. The van der Waals surface area contributed by atoms with Gasteiger partial charge in [0.15, 0.2) is 0 Å². The van der Waals surface area contributed by atoms with E-state index >= 15 is 0 Å². The number of hydrogen-bond donors (Lipinski definition) is 3. The van der Waals surface area contributed by atoms with E-state index in [1.165, 1.54) is 0 Å². The number of nitrogens with one attached hydrogen (secondary N) is 2. The molecule has 1 fully saturated rings. The molecule has 0 aromatic carbocycles. The summed E-state index contributed by atoms with van der Waals surface area (Å²) in [6.07, 6.45) is 1.55. The van der Waals surface area contributed by atoms with Crippen LogP contribution in [0, 0.1) is 0 Å². The minimum absolute atomic E-state index is 0.0115. The quantitative estimate of drug-likeness (QED) is 0.648. The van der Waals surface area contributed by atoms with Crippen molar-refractivity contribution in [3.63, 3.8) is 0 Å². The Morgan fingerprint density at radius 2 is 2.16 bits per heavy atom. The lowest BCUT2D eigenvalue weighted by Gasteiger charge is -2.27. The van der Waals surface area contributed by atoms with E-state index in [0.717, 1.165) is 13.1 Å². The van der Waals surface area contributed by atoms with E-state index in [0.29, 0.717) is 18.9 Å². The number of rotatable bonds is 4. The predicted octanol–water partition coefficient (Wildman–Crippen LogP) is -0.976. The van der Waals surface area contributed by atoms with Crippen molar-refractivity contribution in [3.8, 4) is 0 Å². The van der Waals surface area contributed by atoms with E-state index in [-0.39, 0.29) is 18.0 Å². The van der Waals surface area contributed by atoms with Gasteiger partial charge in [0, 0.05) is 32.4 Å². The molecular formula is C12H17N5O2. The monoisotopic (exact) mass is 263 g/mol. The van der Waals surface area contributed by atoms with Crippen molar-refractivity contribution in [3.05, 3.63) is 23.9 Å². The van der Waals surface area contributed by atoms with Crippen LogP contribution in [-0.2, 0) is 4.79 Å². The first-order chi connectivity index (χ1) is 9.18. The number of carbonyl (C=O) groups is 2. The van der Waals surface area contributed by atoms with Gasteiger partial charge >= 0.3 is 0 Å². The van der Waals surface area contributed by atoms with Gasteiger partial charge in [-0.05, 0) is 12.1 Å². The Bertz CT molecular complexity index is 471. The normalized spacial score (nSPS) is 15.1. The summed E-state index contributed by atoms with van der Waals surface area (Å²) in [5.41, 5.74) is 5.53. The van der Waals surface area contributed by atoms with Gasteiger partial charge in [0.05, 0.1) is 12.1 Å². The number of pyridine rings is 1. The van der Waals surface area contributed by atoms with Gasteiger partial charge in [-0.15, -0.1) is 0 Å². The SMILES string of the molecule is NC(=O)c1cccnc1NCC(=O)N1CCNCC1. The summed E-state index contributed by atoms with van der Waals surface area (Å²) in [7, 11) is 0. The minimum atomic E-state index is -0.565. The molecular weight excluding hydrogens is 246 g/mol. The highest BCUT2D eigenvalue weighted by Crippen LogP contribution is 2.10. The zero-order valence-electron chi connectivity index (χ0n) is 10.6. The molecule has 0 radical (unpaired) electrons. The molecule has 0 atom stereocenters. The summed E-state index contributed by atoms with van der Waals surface area (Å²) in [4.78, 5) is 28.9. The minimum Gasteiger partial charge on any atom is -0.365 e. The van der Waals surface area contributed by atoms with E-state index in [1.54, 1.807) is 23.2 Å². The topological polar surface area (TPSA) is 100 Å². The Hall–Kier alpha value is -2.15. The highest BCUT2D eigenvalue weighted by molar-refractivity contribution is 5.98. The fourth-order valence-corrected chi connectivity index (χ4v) is 1.93. The molecule has 102 valence electrons. The van der Waals surface area contributed by atoms with Crippen LogP contribution < -0.4 is 16.4 Å². The van der Waals surface area contributed by atoms with Crippen LogP contribution in [-0.4, -0.2) is 54.4 Å². The van der Waals surface area contributed by atoms with Crippen molar-refractivity contribution in [2.24, 2.45) is 5.73 Å². The average Bonchev–Trinajstić information content (AvgIpc) is 2.46. The van der Waals surface area contributed by atoms with Crippen molar-refractivity contribution in [2.45, 2.75) is 0 Å². The maximum absolute atomic E-state index is 11.9. The number of aromatic nitrogens is 1. The second kappa shape index (κ2) is 6.14. The van der Waals surface area contributed by atoms with Gasteiger partial charge in [-0.2, -0.15) is 0 Å². The average molecular weight is 263 g/mol. The summed E-state index contributed by atoms with van der Waals surface area (Å²) >= 11 is 0. The lowest BCUT2D eigenvalue weighted by atomic mass is 10.2. The highest BCUT2D eigenvalue weighted by atomic mass is 16.2. The van der Waals surface area contributed by atoms with Gasteiger partial charge in [0.25, 0.3) is 5.91 Å². The van der Waals surface area contributed by atoms with Crippen molar-refractivity contribution in [1.82, 2.24) is 15.2 Å². The van der Waals surface area contributed by atoms with Gasteiger partial charge in [-0.3, -0.25) is 9.59 Å². The van der Waals surface area contributed by atoms with Gasteiger partial charge < -0.3 is 21.3 Å². The van der Waals surface area contributed by atoms with Gasteiger partial charge in [0.1, 0.15) is 5.82 Å². The molecule has 0 bridgehead atoms. The standard InChI is InChI=1S/C12H17N5O2/c13-11(19)9-2-1-3-15-12(9)16-8-10(18)17-6-4-14-5-7-17/h1-3,14H,4-8H2,(H2,13,19)(H,15,16). The zero-order chi connectivity index (χ0) is 13.7. The molecule has 19 heavy (non-hydrogen) atoms. The number of piperazine rings is 1. The first-order valence-electron chi connectivity index (χ1n) is 6.15. The van der Waals surface area contributed by atoms with E-state index in [1.807, 2.05) is 0 Å². The number of hydrogen-bond acceptors (Lipinski definition) is 5. The van der Waals surface area contributed by atoms with Crippen LogP contribution in [0.4, 0.5) is 5.82 Å². The van der Waals surface area contributed by atoms with E-state index in [2.05, 4.69) is 15.6 Å². The van der Waals surface area contributed by atoms with E-state index < -0.39 is 5.91 Å². The molecule has 0 saturated carbocycles. The maximum Gasteiger partial charge on any atom is 0.252 e. The third kappa shape index (κ3) is 3.41. The van der Waals surface area contributed by atoms with Crippen LogP contribution in [0.5, 0.6) is 0 Å². The smallest absolute Gasteiger partial charge is 0.252 e. The third-order valence-corrected chi connectivity index (χ3v) is 2.95. The third-order valence-electron chi connectivity index (χ3n) is 2.95. The van der Waals surface area contributed by atoms with Crippen LogP contribution in [0.25, 0.3) is 0 Å². The molecule has 2 heterocycles. The molecule has 2 rings (SSSR count). The van der Waals surface area contributed by atoms with Crippen LogP contribution >= 0.6 is 0 Å². The molecule has 1 saturated heterocycles.